The van der Waals surface area contributed by atoms with Crippen molar-refractivity contribution in [1.82, 2.24) is 9.03 Å². The van der Waals surface area contributed by atoms with E-state index in [4.69, 9.17) is 0 Å². The van der Waals surface area contributed by atoms with Crippen LogP contribution in [0.15, 0.2) is 11.4 Å². The number of aliphatic carboxylic acids is 1. The Morgan fingerprint density at radius 2 is 2.30 bits per heavy atom. The van der Waals surface area contributed by atoms with Crippen molar-refractivity contribution in [3.8, 4) is 0 Å². The van der Waals surface area contributed by atoms with Crippen molar-refractivity contribution in [2.24, 2.45) is 5.92 Å². The Morgan fingerprint density at radius 3 is 2.90 bits per heavy atom. The molecule has 1 atom stereocenters. The van der Waals surface area contributed by atoms with Gasteiger partial charge in [-0.3, -0.25) is 4.79 Å². The van der Waals surface area contributed by atoms with Crippen LogP contribution in [0.3, 0.4) is 0 Å². The third kappa shape index (κ3) is 3.03. The van der Waals surface area contributed by atoms with Crippen molar-refractivity contribution in [2.75, 3.05) is 13.1 Å². The number of thiophene rings is 1. The molecule has 0 aromatic carbocycles. The van der Waals surface area contributed by atoms with Gasteiger partial charge in [-0.2, -0.15) is 12.7 Å². The molecule has 1 aliphatic rings. The van der Waals surface area contributed by atoms with Crippen LogP contribution in [-0.2, 0) is 21.4 Å². The topological polar surface area (TPSA) is 86.7 Å². The fraction of sp³-hybridized carbons (Fsp3) is 0.583. The Labute approximate surface area is 122 Å². The van der Waals surface area contributed by atoms with E-state index in [-0.39, 0.29) is 12.5 Å². The summed E-state index contributed by atoms with van der Waals surface area (Å²) in [6.45, 7) is 4.27. The highest BCUT2D eigenvalue weighted by Gasteiger charge is 2.40. The summed E-state index contributed by atoms with van der Waals surface area (Å²) in [5, 5.41) is 11.2. The Morgan fingerprint density at radius 1 is 1.60 bits per heavy atom. The van der Waals surface area contributed by atoms with Crippen LogP contribution in [0.4, 0.5) is 0 Å². The first-order chi connectivity index (χ1) is 9.33. The summed E-state index contributed by atoms with van der Waals surface area (Å²) in [6, 6.07) is 0.567. The zero-order valence-electron chi connectivity index (χ0n) is 11.4. The van der Waals surface area contributed by atoms with Gasteiger partial charge in [-0.15, -0.1) is 11.3 Å². The SMILES string of the molecule is CC(C)CNS(=O)(=O)N1CCc2sccc2C1C(=O)O. The Balaban J connectivity index is 2.30. The van der Waals surface area contributed by atoms with Gasteiger partial charge in [0.15, 0.2) is 0 Å². The second-order valence-corrected chi connectivity index (χ2v) is 7.86. The fourth-order valence-corrected chi connectivity index (χ4v) is 4.59. The van der Waals surface area contributed by atoms with E-state index in [1.807, 2.05) is 13.8 Å². The highest BCUT2D eigenvalue weighted by atomic mass is 32.2. The summed E-state index contributed by atoms with van der Waals surface area (Å²) >= 11 is 1.47. The predicted octanol–water partition coefficient (Wildman–Crippen LogP) is 1.22. The molecule has 1 aromatic rings. The Kier molecular flexibility index (Phi) is 4.48. The van der Waals surface area contributed by atoms with Crippen molar-refractivity contribution in [3.63, 3.8) is 0 Å². The average Bonchev–Trinajstić information content (AvgIpc) is 2.83. The molecule has 112 valence electrons. The molecular weight excluding hydrogens is 300 g/mol. The molecule has 6 nitrogen and oxygen atoms in total. The lowest BCUT2D eigenvalue weighted by molar-refractivity contribution is -0.142. The maximum atomic E-state index is 12.3. The van der Waals surface area contributed by atoms with Crippen molar-refractivity contribution >= 4 is 27.5 Å². The molecule has 2 rings (SSSR count). The van der Waals surface area contributed by atoms with Crippen LogP contribution in [0.25, 0.3) is 0 Å². The average molecular weight is 318 g/mol. The van der Waals surface area contributed by atoms with Crippen LogP contribution in [-0.4, -0.2) is 36.9 Å². The van der Waals surface area contributed by atoms with Crippen LogP contribution < -0.4 is 4.72 Å². The van der Waals surface area contributed by atoms with E-state index in [1.54, 1.807) is 11.4 Å². The normalized spacial score (nSPS) is 20.1. The van der Waals surface area contributed by atoms with Gasteiger partial charge in [0.2, 0.25) is 0 Å². The van der Waals surface area contributed by atoms with Crippen molar-refractivity contribution in [3.05, 3.63) is 21.9 Å². The highest BCUT2D eigenvalue weighted by Crippen LogP contribution is 2.34. The summed E-state index contributed by atoms with van der Waals surface area (Å²) in [4.78, 5) is 12.4. The zero-order valence-corrected chi connectivity index (χ0v) is 13.0. The molecule has 0 saturated heterocycles. The molecule has 2 N–H and O–H groups in total. The first-order valence-corrected chi connectivity index (χ1v) is 8.70. The third-order valence-electron chi connectivity index (χ3n) is 3.14. The molecule has 0 bridgehead atoms. The van der Waals surface area contributed by atoms with E-state index >= 15 is 0 Å². The minimum Gasteiger partial charge on any atom is -0.480 e. The maximum Gasteiger partial charge on any atom is 0.326 e. The number of carbonyl (C=O) groups is 1. The molecule has 0 radical (unpaired) electrons. The number of carboxylic acid groups (broad SMARTS) is 1. The second kappa shape index (κ2) is 5.80. The molecule has 2 heterocycles. The number of nitrogens with one attached hydrogen (secondary N) is 1. The number of carboxylic acids is 1. The smallest absolute Gasteiger partial charge is 0.326 e. The summed E-state index contributed by atoms with van der Waals surface area (Å²) in [5.41, 5.74) is 0.587. The van der Waals surface area contributed by atoms with Crippen molar-refractivity contribution in [2.45, 2.75) is 26.3 Å². The third-order valence-corrected chi connectivity index (χ3v) is 5.68. The molecule has 8 heteroatoms. The summed E-state index contributed by atoms with van der Waals surface area (Å²) in [7, 11) is -3.79. The lowest BCUT2D eigenvalue weighted by Gasteiger charge is -2.32. The lowest BCUT2D eigenvalue weighted by atomic mass is 10.0. The quantitative estimate of drug-likeness (QED) is 0.854. The molecule has 20 heavy (non-hydrogen) atoms. The monoisotopic (exact) mass is 318 g/mol. The standard InChI is InChI=1S/C12H18N2O4S2/c1-8(2)7-13-20(17,18)14-5-3-10-9(4-6-19-10)11(14)12(15)16/h4,6,8,11,13H,3,5,7H2,1-2H3,(H,15,16). The number of nitrogens with zero attached hydrogens (tertiary/aromatic N) is 1. The second-order valence-electron chi connectivity index (χ2n) is 5.15. The molecular formula is C12H18N2O4S2. The first-order valence-electron chi connectivity index (χ1n) is 6.38. The summed E-state index contributed by atoms with van der Waals surface area (Å²) < 4.78 is 28.1. The van der Waals surface area contributed by atoms with Gasteiger partial charge in [-0.05, 0) is 29.3 Å². The minimum atomic E-state index is -3.79. The van der Waals surface area contributed by atoms with E-state index < -0.39 is 22.2 Å². The molecule has 0 spiro atoms. The van der Waals surface area contributed by atoms with Gasteiger partial charge in [-0.25, -0.2) is 4.72 Å². The van der Waals surface area contributed by atoms with Crippen LogP contribution in [0, 0.1) is 5.92 Å². The van der Waals surface area contributed by atoms with Crippen LogP contribution in [0.2, 0.25) is 0 Å². The van der Waals surface area contributed by atoms with Gasteiger partial charge in [0.1, 0.15) is 6.04 Å². The van der Waals surface area contributed by atoms with Crippen molar-refractivity contribution < 1.29 is 18.3 Å². The van der Waals surface area contributed by atoms with E-state index in [1.165, 1.54) is 11.3 Å². The maximum absolute atomic E-state index is 12.3. The molecule has 0 aliphatic carbocycles. The number of fused-ring (bicyclic) bond motifs is 1. The zero-order chi connectivity index (χ0) is 14.9. The fourth-order valence-electron chi connectivity index (χ4n) is 2.16. The van der Waals surface area contributed by atoms with Gasteiger partial charge in [0.05, 0.1) is 0 Å². The number of rotatable bonds is 5. The summed E-state index contributed by atoms with van der Waals surface area (Å²) in [6.07, 6.45) is 0.555. The minimum absolute atomic E-state index is 0.162. The Hall–Kier alpha value is -0.960. The molecule has 1 aromatic heterocycles. The highest BCUT2D eigenvalue weighted by molar-refractivity contribution is 7.87. The van der Waals surface area contributed by atoms with Gasteiger partial charge in [-0.1, -0.05) is 13.8 Å². The summed E-state index contributed by atoms with van der Waals surface area (Å²) in [5.74, 6) is -0.978. The van der Waals surface area contributed by atoms with Gasteiger partial charge < -0.3 is 5.11 Å². The van der Waals surface area contributed by atoms with E-state index in [2.05, 4.69) is 4.72 Å². The predicted molar refractivity (Wildman–Crippen MR) is 76.9 cm³/mol. The number of hydrogen-bond acceptors (Lipinski definition) is 4. The van der Waals surface area contributed by atoms with Gasteiger partial charge >= 0.3 is 5.97 Å². The van der Waals surface area contributed by atoms with Crippen LogP contribution in [0.5, 0.6) is 0 Å². The first kappa shape index (κ1) is 15.4. The van der Waals surface area contributed by atoms with Crippen molar-refractivity contribution in [1.29, 1.82) is 0 Å². The molecule has 0 saturated carbocycles. The van der Waals surface area contributed by atoms with Crippen LogP contribution >= 0.6 is 11.3 Å². The van der Waals surface area contributed by atoms with Gasteiger partial charge in [0.25, 0.3) is 10.2 Å². The van der Waals surface area contributed by atoms with E-state index in [0.29, 0.717) is 18.5 Å². The largest absolute Gasteiger partial charge is 0.480 e. The van der Waals surface area contributed by atoms with E-state index in [0.717, 1.165) is 9.18 Å². The molecule has 1 unspecified atom stereocenters. The Bertz CT molecular complexity index is 594. The molecule has 0 amide bonds. The lowest BCUT2D eigenvalue weighted by Crippen LogP contribution is -2.48. The van der Waals surface area contributed by atoms with Crippen LogP contribution in [0.1, 0.15) is 30.3 Å². The van der Waals surface area contributed by atoms with Gasteiger partial charge in [0, 0.05) is 18.0 Å². The number of hydrogen-bond donors (Lipinski definition) is 2. The molecule has 1 aliphatic heterocycles. The van der Waals surface area contributed by atoms with E-state index in [9.17, 15) is 18.3 Å². The molecule has 0 fully saturated rings.